The van der Waals surface area contributed by atoms with Crippen molar-refractivity contribution in [2.75, 3.05) is 5.32 Å². The number of anilines is 1. The molecule has 3 aromatic rings. The molecule has 0 bridgehead atoms. The van der Waals surface area contributed by atoms with Crippen molar-refractivity contribution in [3.05, 3.63) is 60.2 Å². The largest absolute Gasteiger partial charge is 0.305 e. The molecule has 0 fully saturated rings. The lowest BCUT2D eigenvalue weighted by atomic mass is 10.1. The molecule has 2 aromatic heterocycles. The van der Waals surface area contributed by atoms with Crippen LogP contribution in [0.3, 0.4) is 0 Å². The van der Waals surface area contributed by atoms with Gasteiger partial charge in [0.25, 0.3) is 0 Å². The van der Waals surface area contributed by atoms with Gasteiger partial charge in [0.2, 0.25) is 5.91 Å². The molecule has 0 spiro atoms. The molecule has 0 atom stereocenters. The van der Waals surface area contributed by atoms with Crippen LogP contribution >= 0.6 is 0 Å². The van der Waals surface area contributed by atoms with E-state index in [4.69, 9.17) is 0 Å². The molecule has 0 radical (unpaired) electrons. The average molecular weight is 296 g/mol. The zero-order valence-corrected chi connectivity index (χ0v) is 11.8. The zero-order valence-electron chi connectivity index (χ0n) is 11.8. The van der Waals surface area contributed by atoms with Crippen molar-refractivity contribution in [3.63, 3.8) is 0 Å². The maximum Gasteiger partial charge on any atom is 0.249 e. The summed E-state index contributed by atoms with van der Waals surface area (Å²) in [7, 11) is 1.87. The van der Waals surface area contributed by atoms with Gasteiger partial charge in [-0.1, -0.05) is 6.07 Å². The number of fused-ring (bicyclic) bond motifs is 1. The normalized spacial score (nSPS) is 11.2. The third kappa shape index (κ3) is 2.85. The van der Waals surface area contributed by atoms with E-state index >= 15 is 0 Å². The number of carbonyl (C=O) groups is 1. The predicted octanol–water partition coefficient (Wildman–Crippen LogP) is 2.76. The third-order valence-corrected chi connectivity index (χ3v) is 3.20. The van der Waals surface area contributed by atoms with Gasteiger partial charge in [0.1, 0.15) is 0 Å². The molecule has 0 saturated carbocycles. The van der Waals surface area contributed by atoms with Gasteiger partial charge in [-0.2, -0.15) is 5.10 Å². The summed E-state index contributed by atoms with van der Waals surface area (Å²) in [5.41, 5.74) is 1.87. The minimum Gasteiger partial charge on any atom is -0.305 e. The Bertz CT molecular complexity index is 869. The maximum absolute atomic E-state index is 13.4. The fraction of sp³-hybridized carbons (Fsp3) is 0.0625. The number of hydrogen-bond acceptors (Lipinski definition) is 3. The Hall–Kier alpha value is -3.02. The number of pyridine rings is 1. The Morgan fingerprint density at radius 3 is 3.05 bits per heavy atom. The van der Waals surface area contributed by atoms with Crippen LogP contribution in [-0.2, 0) is 11.8 Å². The highest BCUT2D eigenvalue weighted by Gasteiger charge is 2.05. The van der Waals surface area contributed by atoms with Crippen molar-refractivity contribution in [1.29, 1.82) is 0 Å². The SMILES string of the molecule is Cn1ncc2cc(/C=C/C(=O)Nc3ncccc3F)ccc21. The molecule has 2 heterocycles. The smallest absolute Gasteiger partial charge is 0.249 e. The van der Waals surface area contributed by atoms with Crippen LogP contribution in [0.25, 0.3) is 17.0 Å². The van der Waals surface area contributed by atoms with Crippen LogP contribution in [0.15, 0.2) is 48.8 Å². The van der Waals surface area contributed by atoms with Crippen LogP contribution in [0, 0.1) is 5.82 Å². The Labute approximate surface area is 126 Å². The highest BCUT2D eigenvalue weighted by Crippen LogP contribution is 2.16. The Kier molecular flexibility index (Phi) is 3.65. The van der Waals surface area contributed by atoms with Crippen LogP contribution < -0.4 is 5.32 Å². The van der Waals surface area contributed by atoms with Crippen molar-refractivity contribution in [1.82, 2.24) is 14.8 Å². The first-order chi connectivity index (χ1) is 10.6. The number of carbonyl (C=O) groups excluding carboxylic acids is 1. The van der Waals surface area contributed by atoms with E-state index in [1.54, 1.807) is 17.0 Å². The molecule has 1 N–H and O–H groups in total. The summed E-state index contributed by atoms with van der Waals surface area (Å²) in [6.45, 7) is 0. The molecule has 0 aliphatic carbocycles. The van der Waals surface area contributed by atoms with Crippen LogP contribution in [0.1, 0.15) is 5.56 Å². The molecule has 3 rings (SSSR count). The number of nitrogens with zero attached hydrogens (tertiary/aromatic N) is 3. The molecule has 1 aromatic carbocycles. The first-order valence-corrected chi connectivity index (χ1v) is 6.65. The summed E-state index contributed by atoms with van der Waals surface area (Å²) >= 11 is 0. The van der Waals surface area contributed by atoms with Gasteiger partial charge in [-0.3, -0.25) is 9.48 Å². The van der Waals surface area contributed by atoms with Crippen molar-refractivity contribution in [2.24, 2.45) is 7.05 Å². The topological polar surface area (TPSA) is 59.8 Å². The van der Waals surface area contributed by atoms with Gasteiger partial charge in [0.05, 0.1) is 11.7 Å². The van der Waals surface area contributed by atoms with Gasteiger partial charge in [0.15, 0.2) is 11.6 Å². The lowest BCUT2D eigenvalue weighted by Crippen LogP contribution is -2.10. The van der Waals surface area contributed by atoms with Crippen LogP contribution in [0.5, 0.6) is 0 Å². The van der Waals surface area contributed by atoms with Crippen LogP contribution in [0.4, 0.5) is 10.2 Å². The maximum atomic E-state index is 13.4. The summed E-state index contributed by atoms with van der Waals surface area (Å²) in [6.07, 6.45) is 6.17. The van der Waals surface area contributed by atoms with Gasteiger partial charge < -0.3 is 5.32 Å². The molecule has 5 nitrogen and oxygen atoms in total. The third-order valence-electron chi connectivity index (χ3n) is 3.20. The van der Waals surface area contributed by atoms with Crippen molar-refractivity contribution >= 4 is 28.7 Å². The first-order valence-electron chi connectivity index (χ1n) is 6.65. The molecule has 110 valence electrons. The zero-order chi connectivity index (χ0) is 15.5. The van der Waals surface area contributed by atoms with Gasteiger partial charge in [-0.15, -0.1) is 0 Å². The summed E-state index contributed by atoms with van der Waals surface area (Å²) in [5, 5.41) is 7.54. The Balaban J connectivity index is 1.74. The second-order valence-corrected chi connectivity index (χ2v) is 4.74. The highest BCUT2D eigenvalue weighted by atomic mass is 19.1. The second-order valence-electron chi connectivity index (χ2n) is 4.74. The fourth-order valence-corrected chi connectivity index (χ4v) is 2.09. The van der Waals surface area contributed by atoms with Gasteiger partial charge in [0, 0.05) is 24.7 Å². The van der Waals surface area contributed by atoms with Crippen molar-refractivity contribution in [2.45, 2.75) is 0 Å². The molecular formula is C16H13FN4O. The number of aromatic nitrogens is 3. The quantitative estimate of drug-likeness (QED) is 0.756. The summed E-state index contributed by atoms with van der Waals surface area (Å²) < 4.78 is 15.2. The van der Waals surface area contributed by atoms with E-state index < -0.39 is 11.7 Å². The Morgan fingerprint density at radius 1 is 1.36 bits per heavy atom. The predicted molar refractivity (Wildman–Crippen MR) is 82.6 cm³/mol. The molecule has 0 unspecified atom stereocenters. The minimum atomic E-state index is -0.568. The molecular weight excluding hydrogens is 283 g/mol. The average Bonchev–Trinajstić information content (AvgIpc) is 2.88. The van der Waals surface area contributed by atoms with E-state index in [1.807, 2.05) is 25.2 Å². The number of halogens is 1. The highest BCUT2D eigenvalue weighted by molar-refractivity contribution is 6.01. The second kappa shape index (κ2) is 5.77. The van der Waals surface area contributed by atoms with Crippen LogP contribution in [-0.4, -0.2) is 20.7 Å². The van der Waals surface area contributed by atoms with Crippen molar-refractivity contribution in [3.8, 4) is 0 Å². The molecule has 0 aliphatic rings. The molecule has 1 amide bonds. The molecule has 22 heavy (non-hydrogen) atoms. The fourth-order valence-electron chi connectivity index (χ4n) is 2.09. The monoisotopic (exact) mass is 296 g/mol. The number of amides is 1. The number of benzene rings is 1. The van der Waals surface area contributed by atoms with Crippen molar-refractivity contribution < 1.29 is 9.18 Å². The van der Waals surface area contributed by atoms with E-state index in [0.717, 1.165) is 16.5 Å². The summed E-state index contributed by atoms with van der Waals surface area (Å²) in [5.74, 6) is -1.09. The Morgan fingerprint density at radius 2 is 2.23 bits per heavy atom. The number of nitrogens with one attached hydrogen (secondary N) is 1. The first kappa shape index (κ1) is 13.9. The van der Waals surface area contributed by atoms with E-state index in [9.17, 15) is 9.18 Å². The molecule has 6 heteroatoms. The van der Waals surface area contributed by atoms with E-state index in [2.05, 4.69) is 15.4 Å². The number of rotatable bonds is 3. The molecule has 0 saturated heterocycles. The lowest BCUT2D eigenvalue weighted by molar-refractivity contribution is -0.111. The van der Waals surface area contributed by atoms with Gasteiger partial charge >= 0.3 is 0 Å². The number of aryl methyl sites for hydroxylation is 1. The van der Waals surface area contributed by atoms with E-state index in [1.165, 1.54) is 24.4 Å². The van der Waals surface area contributed by atoms with Gasteiger partial charge in [-0.25, -0.2) is 9.37 Å². The standard InChI is InChI=1S/C16H13FN4O/c1-21-14-6-4-11(9-12(14)10-19-21)5-7-15(22)20-16-13(17)3-2-8-18-16/h2-10H,1H3,(H,18,20,22)/b7-5+. The molecule has 0 aliphatic heterocycles. The van der Waals surface area contributed by atoms with E-state index in [-0.39, 0.29) is 5.82 Å². The summed E-state index contributed by atoms with van der Waals surface area (Å²) in [4.78, 5) is 15.5. The van der Waals surface area contributed by atoms with E-state index in [0.29, 0.717) is 0 Å². The lowest BCUT2D eigenvalue weighted by Gasteiger charge is -2.01. The number of hydrogen-bond donors (Lipinski definition) is 1. The summed E-state index contributed by atoms with van der Waals surface area (Å²) in [6, 6.07) is 8.44. The van der Waals surface area contributed by atoms with Crippen LogP contribution in [0.2, 0.25) is 0 Å². The minimum absolute atomic E-state index is 0.0835. The van der Waals surface area contributed by atoms with Gasteiger partial charge in [-0.05, 0) is 35.9 Å².